The van der Waals surface area contributed by atoms with Crippen LogP contribution in [0.3, 0.4) is 0 Å². The van der Waals surface area contributed by atoms with Crippen LogP contribution >= 0.6 is 0 Å². The minimum atomic E-state index is -1.16. The number of ether oxygens (including phenoxy) is 1. The van der Waals surface area contributed by atoms with Crippen molar-refractivity contribution >= 4 is 12.1 Å². The molecule has 0 aromatic heterocycles. The molecule has 2 N–H and O–H groups in total. The molecule has 6 heteroatoms. The molecule has 1 aromatic rings. The van der Waals surface area contributed by atoms with Gasteiger partial charge in [-0.15, -0.1) is 0 Å². The molecule has 18 heavy (non-hydrogen) atoms. The highest BCUT2D eigenvalue weighted by molar-refractivity contribution is 5.81. The topological polar surface area (TPSA) is 87.1 Å². The van der Waals surface area contributed by atoms with Crippen molar-refractivity contribution in [2.24, 2.45) is 0 Å². The Hall–Kier alpha value is -2.24. The van der Waals surface area contributed by atoms with E-state index < -0.39 is 18.1 Å². The van der Waals surface area contributed by atoms with Crippen LogP contribution in [-0.4, -0.2) is 40.3 Å². The number of phenolic OH excluding ortho intramolecular Hbond substituents is 1. The summed E-state index contributed by atoms with van der Waals surface area (Å²) in [4.78, 5) is 23.8. The summed E-state index contributed by atoms with van der Waals surface area (Å²) in [6.45, 7) is 0.116. The molecule has 0 fully saturated rings. The van der Waals surface area contributed by atoms with Gasteiger partial charge in [0, 0.05) is 6.42 Å². The summed E-state index contributed by atoms with van der Waals surface area (Å²) in [5.41, 5.74) is 1.55. The van der Waals surface area contributed by atoms with Crippen LogP contribution in [0.25, 0.3) is 0 Å². The molecule has 1 heterocycles. The van der Waals surface area contributed by atoms with Crippen molar-refractivity contribution in [1.82, 2.24) is 4.90 Å². The van der Waals surface area contributed by atoms with Crippen molar-refractivity contribution in [1.29, 1.82) is 0 Å². The second kappa shape index (κ2) is 4.56. The van der Waals surface area contributed by atoms with Gasteiger partial charge in [0.05, 0.1) is 13.7 Å². The molecule has 0 bridgehead atoms. The zero-order valence-electron chi connectivity index (χ0n) is 9.79. The maximum atomic E-state index is 11.6. The van der Waals surface area contributed by atoms with Crippen molar-refractivity contribution in [3.05, 3.63) is 29.3 Å². The highest BCUT2D eigenvalue weighted by atomic mass is 16.5. The number of fused-ring (bicyclic) bond motifs is 1. The first-order chi connectivity index (χ1) is 8.52. The Labute approximate surface area is 103 Å². The van der Waals surface area contributed by atoms with Gasteiger partial charge in [0.15, 0.2) is 0 Å². The average molecular weight is 251 g/mol. The Bertz CT molecular complexity index is 499. The van der Waals surface area contributed by atoms with Crippen LogP contribution in [0.5, 0.6) is 5.75 Å². The second-order valence-corrected chi connectivity index (χ2v) is 4.11. The lowest BCUT2D eigenvalue weighted by Gasteiger charge is -2.33. The molecule has 0 saturated heterocycles. The molecule has 1 aromatic carbocycles. The number of aromatic hydroxyl groups is 1. The van der Waals surface area contributed by atoms with E-state index in [2.05, 4.69) is 4.74 Å². The van der Waals surface area contributed by atoms with Gasteiger partial charge in [0.2, 0.25) is 0 Å². The third kappa shape index (κ3) is 2.09. The largest absolute Gasteiger partial charge is 0.508 e. The Balaban J connectivity index is 2.37. The van der Waals surface area contributed by atoms with Crippen molar-refractivity contribution in [2.75, 3.05) is 7.11 Å². The van der Waals surface area contributed by atoms with Crippen molar-refractivity contribution in [2.45, 2.75) is 19.0 Å². The first-order valence-electron chi connectivity index (χ1n) is 5.41. The number of phenols is 1. The molecule has 96 valence electrons. The minimum Gasteiger partial charge on any atom is -0.508 e. The summed E-state index contributed by atoms with van der Waals surface area (Å²) in [6.07, 6.45) is -0.952. The number of esters is 1. The third-order valence-electron chi connectivity index (χ3n) is 3.04. The van der Waals surface area contributed by atoms with Crippen molar-refractivity contribution < 1.29 is 24.5 Å². The average Bonchev–Trinajstić information content (AvgIpc) is 2.35. The van der Waals surface area contributed by atoms with E-state index in [0.717, 1.165) is 16.0 Å². The molecule has 1 aliphatic heterocycles. The normalized spacial score (nSPS) is 18.1. The molecule has 1 atom stereocenters. The number of rotatable bonds is 1. The summed E-state index contributed by atoms with van der Waals surface area (Å²) in [5.74, 6) is -0.493. The molecule has 2 rings (SSSR count). The fraction of sp³-hybridized carbons (Fsp3) is 0.333. The predicted molar refractivity (Wildman–Crippen MR) is 61.2 cm³/mol. The molecule has 0 saturated carbocycles. The van der Waals surface area contributed by atoms with Gasteiger partial charge in [-0.2, -0.15) is 0 Å². The lowest BCUT2D eigenvalue weighted by atomic mass is 9.94. The molecule has 1 unspecified atom stereocenters. The maximum Gasteiger partial charge on any atom is 0.408 e. The summed E-state index contributed by atoms with van der Waals surface area (Å²) >= 11 is 0. The fourth-order valence-corrected chi connectivity index (χ4v) is 2.12. The van der Waals surface area contributed by atoms with Gasteiger partial charge in [0.25, 0.3) is 0 Å². The van der Waals surface area contributed by atoms with Gasteiger partial charge in [-0.1, -0.05) is 6.07 Å². The summed E-state index contributed by atoms with van der Waals surface area (Å²) in [5, 5.41) is 18.5. The zero-order valence-corrected chi connectivity index (χ0v) is 9.79. The molecule has 6 nitrogen and oxygen atoms in total. The van der Waals surface area contributed by atoms with Crippen LogP contribution in [0.15, 0.2) is 18.2 Å². The number of carbonyl (C=O) groups excluding carboxylic acids is 1. The van der Waals surface area contributed by atoms with Gasteiger partial charge in [-0.05, 0) is 23.3 Å². The minimum absolute atomic E-state index is 0.0983. The van der Waals surface area contributed by atoms with Crippen molar-refractivity contribution in [3.8, 4) is 5.75 Å². The Morgan fingerprint density at radius 3 is 2.72 bits per heavy atom. The molecule has 1 aliphatic rings. The Morgan fingerprint density at radius 2 is 2.11 bits per heavy atom. The SMILES string of the molecule is COC(=O)C1Cc2cc(O)ccc2CN1C(=O)O. The van der Waals surface area contributed by atoms with E-state index in [1.807, 2.05) is 0 Å². The molecule has 0 radical (unpaired) electrons. The number of hydrogen-bond acceptors (Lipinski definition) is 4. The second-order valence-electron chi connectivity index (χ2n) is 4.11. The smallest absolute Gasteiger partial charge is 0.408 e. The van der Waals surface area contributed by atoms with Crippen LogP contribution in [0.4, 0.5) is 4.79 Å². The summed E-state index contributed by atoms with van der Waals surface area (Å²) in [7, 11) is 1.22. The van der Waals surface area contributed by atoms with Crippen LogP contribution in [0.2, 0.25) is 0 Å². The van der Waals surface area contributed by atoms with Gasteiger partial charge >= 0.3 is 12.1 Å². The molecule has 0 spiro atoms. The van der Waals surface area contributed by atoms with E-state index in [9.17, 15) is 14.7 Å². The summed E-state index contributed by atoms with van der Waals surface area (Å²) in [6, 6.07) is 3.84. The number of carboxylic acid groups (broad SMARTS) is 1. The quantitative estimate of drug-likeness (QED) is 0.726. The van der Waals surface area contributed by atoms with E-state index in [-0.39, 0.29) is 18.7 Å². The van der Waals surface area contributed by atoms with Crippen LogP contribution in [-0.2, 0) is 22.5 Å². The number of methoxy groups -OCH3 is 1. The number of hydrogen-bond donors (Lipinski definition) is 2. The van der Waals surface area contributed by atoms with Gasteiger partial charge in [-0.3, -0.25) is 4.90 Å². The fourth-order valence-electron chi connectivity index (χ4n) is 2.12. The highest BCUT2D eigenvalue weighted by Gasteiger charge is 2.35. The van der Waals surface area contributed by atoms with Crippen molar-refractivity contribution in [3.63, 3.8) is 0 Å². The molecular formula is C12H13NO5. The number of carbonyl (C=O) groups is 2. The number of nitrogens with zero attached hydrogens (tertiary/aromatic N) is 1. The van der Waals surface area contributed by atoms with E-state index in [4.69, 9.17) is 5.11 Å². The van der Waals surface area contributed by atoms with E-state index >= 15 is 0 Å². The molecule has 1 amide bonds. The predicted octanol–water partition coefficient (Wildman–Crippen LogP) is 0.970. The van der Waals surface area contributed by atoms with E-state index in [0.29, 0.717) is 0 Å². The third-order valence-corrected chi connectivity index (χ3v) is 3.04. The van der Waals surface area contributed by atoms with Crippen LogP contribution in [0.1, 0.15) is 11.1 Å². The maximum absolute atomic E-state index is 11.6. The van der Waals surface area contributed by atoms with Gasteiger partial charge < -0.3 is 14.9 Å². The van der Waals surface area contributed by atoms with Gasteiger partial charge in [0.1, 0.15) is 11.8 Å². The number of amides is 1. The van der Waals surface area contributed by atoms with Crippen LogP contribution in [0, 0.1) is 0 Å². The van der Waals surface area contributed by atoms with E-state index in [1.165, 1.54) is 13.2 Å². The lowest BCUT2D eigenvalue weighted by molar-refractivity contribution is -0.146. The zero-order chi connectivity index (χ0) is 13.3. The van der Waals surface area contributed by atoms with Gasteiger partial charge in [-0.25, -0.2) is 9.59 Å². The van der Waals surface area contributed by atoms with Crippen LogP contribution < -0.4 is 0 Å². The monoisotopic (exact) mass is 251 g/mol. The Morgan fingerprint density at radius 1 is 1.39 bits per heavy atom. The first kappa shape index (κ1) is 12.2. The first-order valence-corrected chi connectivity index (χ1v) is 5.41. The number of benzene rings is 1. The standard InChI is InChI=1S/C12H13NO5/c1-18-11(15)10-5-8-4-9(14)3-2-7(8)6-13(10)12(16)17/h2-4,10,14H,5-6H2,1H3,(H,16,17). The highest BCUT2D eigenvalue weighted by Crippen LogP contribution is 2.27. The summed E-state index contributed by atoms with van der Waals surface area (Å²) < 4.78 is 4.61. The lowest BCUT2D eigenvalue weighted by Crippen LogP contribution is -2.48. The molecular weight excluding hydrogens is 238 g/mol. The van der Waals surface area contributed by atoms with E-state index in [1.54, 1.807) is 12.1 Å². The Kier molecular flexibility index (Phi) is 3.10. The molecule has 0 aliphatic carbocycles.